The lowest BCUT2D eigenvalue weighted by atomic mass is 10.2. The Balaban J connectivity index is 2.57. The molecule has 84 valence electrons. The Kier molecular flexibility index (Phi) is 3.01. The summed E-state index contributed by atoms with van der Waals surface area (Å²) >= 11 is 0. The van der Waals surface area contributed by atoms with E-state index in [1.54, 1.807) is 0 Å². The fourth-order valence-corrected chi connectivity index (χ4v) is 1.14. The fraction of sp³-hybridized carbons (Fsp3) is 0.500. The highest BCUT2D eigenvalue weighted by Gasteiger charge is 2.31. The zero-order valence-electron chi connectivity index (χ0n) is 7.54. The van der Waals surface area contributed by atoms with Crippen molar-refractivity contribution in [2.24, 2.45) is 0 Å². The highest BCUT2D eigenvalue weighted by molar-refractivity contribution is 5.97. The van der Waals surface area contributed by atoms with E-state index in [-0.39, 0.29) is 12.0 Å². The number of carbonyl (C=O) groups is 2. The minimum Gasteiger partial charge on any atom is -0.478 e. The molecule has 0 radical (unpaired) electrons. The minimum absolute atomic E-state index is 0.179. The summed E-state index contributed by atoms with van der Waals surface area (Å²) in [6.07, 6.45) is -4.87. The van der Waals surface area contributed by atoms with Crippen molar-refractivity contribution in [1.29, 1.82) is 0 Å². The van der Waals surface area contributed by atoms with Crippen LogP contribution >= 0.6 is 0 Å². The van der Waals surface area contributed by atoms with Gasteiger partial charge >= 0.3 is 12.1 Å². The smallest absolute Gasteiger partial charge is 0.390 e. The number of alkyl halides is 3. The number of carboxylic acid groups (broad SMARTS) is 1. The topological polar surface area (TPSA) is 57.6 Å². The van der Waals surface area contributed by atoms with Gasteiger partial charge in [0.15, 0.2) is 0 Å². The lowest BCUT2D eigenvalue weighted by Gasteiger charge is -2.14. The predicted octanol–water partition coefficient (Wildman–Crippen LogP) is 1.14. The van der Waals surface area contributed by atoms with Gasteiger partial charge in [-0.15, -0.1) is 0 Å². The average molecular weight is 223 g/mol. The molecule has 0 spiro atoms. The largest absolute Gasteiger partial charge is 0.478 e. The van der Waals surface area contributed by atoms with Crippen molar-refractivity contribution in [1.82, 2.24) is 4.90 Å². The Bertz CT molecular complexity index is 322. The number of rotatable bonds is 3. The third kappa shape index (κ3) is 3.26. The summed E-state index contributed by atoms with van der Waals surface area (Å²) in [5, 5.41) is 8.51. The van der Waals surface area contributed by atoms with Gasteiger partial charge in [-0.05, 0) is 0 Å². The van der Waals surface area contributed by atoms with Crippen LogP contribution in [0.15, 0.2) is 11.8 Å². The van der Waals surface area contributed by atoms with Gasteiger partial charge in [-0.1, -0.05) is 0 Å². The van der Waals surface area contributed by atoms with Gasteiger partial charge in [0.25, 0.3) is 0 Å². The lowest BCUT2D eigenvalue weighted by Crippen LogP contribution is -2.26. The van der Waals surface area contributed by atoms with Crippen LogP contribution < -0.4 is 0 Å². The van der Waals surface area contributed by atoms with Gasteiger partial charge in [-0.3, -0.25) is 4.79 Å². The van der Waals surface area contributed by atoms with Crippen LogP contribution in [0.3, 0.4) is 0 Å². The monoisotopic (exact) mass is 223 g/mol. The van der Waals surface area contributed by atoms with Crippen molar-refractivity contribution < 1.29 is 27.9 Å². The molecule has 0 bridgehead atoms. The predicted molar refractivity (Wildman–Crippen MR) is 42.7 cm³/mol. The fourth-order valence-electron chi connectivity index (χ4n) is 1.14. The zero-order chi connectivity index (χ0) is 11.6. The summed E-state index contributed by atoms with van der Waals surface area (Å²) in [4.78, 5) is 22.3. The Morgan fingerprint density at radius 1 is 1.53 bits per heavy atom. The van der Waals surface area contributed by atoms with Crippen LogP contribution in [-0.2, 0) is 9.59 Å². The third-order valence-corrected chi connectivity index (χ3v) is 1.88. The van der Waals surface area contributed by atoms with E-state index in [0.717, 1.165) is 11.1 Å². The van der Waals surface area contributed by atoms with Gasteiger partial charge in [0.2, 0.25) is 5.91 Å². The quantitative estimate of drug-likeness (QED) is 0.780. The van der Waals surface area contributed by atoms with Crippen molar-refractivity contribution in [3.8, 4) is 0 Å². The minimum atomic E-state index is -4.35. The first kappa shape index (κ1) is 11.5. The highest BCUT2D eigenvalue weighted by atomic mass is 19.4. The van der Waals surface area contributed by atoms with Crippen molar-refractivity contribution in [2.75, 3.05) is 6.54 Å². The molecule has 15 heavy (non-hydrogen) atoms. The first-order valence-electron chi connectivity index (χ1n) is 4.10. The van der Waals surface area contributed by atoms with Crippen LogP contribution in [0.1, 0.15) is 12.8 Å². The number of carboxylic acids is 1. The number of hydrogen-bond donors (Lipinski definition) is 1. The molecule has 0 saturated heterocycles. The van der Waals surface area contributed by atoms with E-state index in [4.69, 9.17) is 5.11 Å². The van der Waals surface area contributed by atoms with Gasteiger partial charge < -0.3 is 10.0 Å². The Hall–Kier alpha value is -1.53. The van der Waals surface area contributed by atoms with Gasteiger partial charge in [0.1, 0.15) is 0 Å². The van der Waals surface area contributed by atoms with Crippen molar-refractivity contribution in [3.63, 3.8) is 0 Å². The molecular weight excluding hydrogens is 215 g/mol. The molecule has 1 amide bonds. The molecule has 0 atom stereocenters. The molecule has 1 aliphatic rings. The van der Waals surface area contributed by atoms with E-state index in [1.165, 1.54) is 0 Å². The first-order valence-corrected chi connectivity index (χ1v) is 4.10. The Morgan fingerprint density at radius 3 is 2.53 bits per heavy atom. The maximum Gasteiger partial charge on any atom is 0.390 e. The molecule has 0 aromatic rings. The second-order valence-electron chi connectivity index (χ2n) is 3.09. The number of halogens is 3. The normalized spacial score (nSPS) is 16.9. The van der Waals surface area contributed by atoms with Crippen LogP contribution in [0.5, 0.6) is 0 Å². The molecule has 1 N–H and O–H groups in total. The SMILES string of the molecule is O=C(O)C1=CN(CCC(F)(F)F)C(=O)C1. The molecule has 4 nitrogen and oxygen atoms in total. The molecule has 1 rings (SSSR count). The number of nitrogens with zero attached hydrogens (tertiary/aromatic N) is 1. The Morgan fingerprint density at radius 2 is 2.13 bits per heavy atom. The molecule has 0 aromatic heterocycles. The molecule has 7 heteroatoms. The molecule has 1 heterocycles. The summed E-state index contributed by atoms with van der Waals surface area (Å²) in [6.45, 7) is -0.529. The van der Waals surface area contributed by atoms with Crippen LogP contribution in [0.4, 0.5) is 13.2 Å². The van der Waals surface area contributed by atoms with E-state index in [1.807, 2.05) is 0 Å². The van der Waals surface area contributed by atoms with Gasteiger partial charge in [-0.25, -0.2) is 4.79 Å². The second kappa shape index (κ2) is 3.92. The number of amides is 1. The molecule has 0 saturated carbocycles. The molecule has 0 unspecified atom stereocenters. The molecule has 0 fully saturated rings. The first-order chi connectivity index (χ1) is 6.79. The number of hydrogen-bond acceptors (Lipinski definition) is 2. The van der Waals surface area contributed by atoms with E-state index >= 15 is 0 Å². The Labute approximate surface area is 83.0 Å². The molecule has 1 aliphatic heterocycles. The van der Waals surface area contributed by atoms with Crippen LogP contribution in [0.25, 0.3) is 0 Å². The van der Waals surface area contributed by atoms with Crippen molar-refractivity contribution in [3.05, 3.63) is 11.8 Å². The summed E-state index contributed by atoms with van der Waals surface area (Å²) in [5.41, 5.74) is -0.179. The number of aliphatic carboxylic acids is 1. The van der Waals surface area contributed by atoms with E-state index < -0.39 is 31.0 Å². The van der Waals surface area contributed by atoms with Crippen molar-refractivity contribution >= 4 is 11.9 Å². The summed E-state index contributed by atoms with van der Waals surface area (Å²) < 4.78 is 35.5. The van der Waals surface area contributed by atoms with E-state index in [9.17, 15) is 22.8 Å². The van der Waals surface area contributed by atoms with Crippen molar-refractivity contribution in [2.45, 2.75) is 19.0 Å². The van der Waals surface area contributed by atoms with Crippen LogP contribution in [-0.4, -0.2) is 34.6 Å². The lowest BCUT2D eigenvalue weighted by molar-refractivity contribution is -0.142. The van der Waals surface area contributed by atoms with Gasteiger partial charge in [0, 0.05) is 12.7 Å². The van der Waals surface area contributed by atoms with E-state index in [0.29, 0.717) is 0 Å². The third-order valence-electron chi connectivity index (χ3n) is 1.88. The standard InChI is InChI=1S/C8H8F3NO3/c9-8(10,11)1-2-12-4-5(7(14)15)3-6(12)13/h4H,1-3H2,(H,14,15). The molecular formula is C8H8F3NO3. The molecule has 0 aliphatic carbocycles. The second-order valence-corrected chi connectivity index (χ2v) is 3.09. The van der Waals surface area contributed by atoms with E-state index in [2.05, 4.69) is 0 Å². The van der Waals surface area contributed by atoms with Crippen LogP contribution in [0, 0.1) is 0 Å². The maximum atomic E-state index is 11.8. The zero-order valence-corrected chi connectivity index (χ0v) is 7.54. The average Bonchev–Trinajstić information content (AvgIpc) is 2.42. The van der Waals surface area contributed by atoms with Gasteiger partial charge in [0.05, 0.1) is 18.4 Å². The molecule has 0 aromatic carbocycles. The maximum absolute atomic E-state index is 11.8. The highest BCUT2D eigenvalue weighted by Crippen LogP contribution is 2.22. The summed E-state index contributed by atoms with van der Waals surface area (Å²) in [6, 6.07) is 0. The number of carbonyl (C=O) groups excluding carboxylic acids is 1. The summed E-state index contributed by atoms with van der Waals surface area (Å²) in [7, 11) is 0. The van der Waals surface area contributed by atoms with Crippen LogP contribution in [0.2, 0.25) is 0 Å². The van der Waals surface area contributed by atoms with Gasteiger partial charge in [-0.2, -0.15) is 13.2 Å². The summed E-state index contributed by atoms with van der Waals surface area (Å²) in [5.74, 6) is -1.89.